The van der Waals surface area contributed by atoms with Gasteiger partial charge in [0.05, 0.1) is 6.04 Å². The molecule has 0 bridgehead atoms. The smallest absolute Gasteiger partial charge is 0.236 e. The minimum absolute atomic E-state index is 0.0260. The average Bonchev–Trinajstić information content (AvgIpc) is 2.42. The van der Waals surface area contributed by atoms with Crippen molar-refractivity contribution in [1.29, 1.82) is 0 Å². The Morgan fingerprint density at radius 2 is 2.36 bits per heavy atom. The minimum Gasteiger partial charge on any atom is -0.354 e. The quantitative estimate of drug-likeness (QED) is 0.739. The Labute approximate surface area is 90.2 Å². The second-order valence-corrected chi connectivity index (χ2v) is 5.17. The number of amides is 1. The summed E-state index contributed by atoms with van der Waals surface area (Å²) in [6, 6.07) is -0.379. The molecule has 1 rings (SSSR count). The molecule has 1 aliphatic rings. The minimum atomic E-state index is -0.379. The first-order valence-electron chi connectivity index (χ1n) is 5.31. The van der Waals surface area contributed by atoms with Gasteiger partial charge in [0, 0.05) is 6.54 Å². The first-order valence-corrected chi connectivity index (χ1v) is 6.46. The molecule has 2 atom stereocenters. The maximum Gasteiger partial charge on any atom is 0.236 e. The van der Waals surface area contributed by atoms with Gasteiger partial charge < -0.3 is 11.1 Å². The zero-order chi connectivity index (χ0) is 10.4. The van der Waals surface area contributed by atoms with Crippen LogP contribution < -0.4 is 11.1 Å². The predicted molar refractivity (Wildman–Crippen MR) is 61.3 cm³/mol. The van der Waals surface area contributed by atoms with Crippen LogP contribution in [0.1, 0.15) is 26.2 Å². The van der Waals surface area contributed by atoms with E-state index in [2.05, 4.69) is 5.32 Å². The Kier molecular flexibility index (Phi) is 5.33. The lowest BCUT2D eigenvalue weighted by molar-refractivity contribution is -0.122. The van der Waals surface area contributed by atoms with Crippen molar-refractivity contribution >= 4 is 17.7 Å². The topological polar surface area (TPSA) is 55.1 Å². The third-order valence-electron chi connectivity index (χ3n) is 2.55. The van der Waals surface area contributed by atoms with Crippen molar-refractivity contribution in [3.63, 3.8) is 0 Å². The Hall–Kier alpha value is -0.220. The molecule has 82 valence electrons. The van der Waals surface area contributed by atoms with Crippen LogP contribution in [0.15, 0.2) is 0 Å². The molecular weight excluding hydrogens is 196 g/mol. The number of hydrogen-bond acceptors (Lipinski definition) is 3. The maximum absolute atomic E-state index is 11.2. The van der Waals surface area contributed by atoms with Gasteiger partial charge in [-0.1, -0.05) is 0 Å². The van der Waals surface area contributed by atoms with Crippen LogP contribution in [0.3, 0.4) is 0 Å². The number of hydrogen-bond donors (Lipinski definition) is 2. The summed E-state index contributed by atoms with van der Waals surface area (Å²) in [5.74, 6) is 3.14. The summed E-state index contributed by atoms with van der Waals surface area (Å²) in [6.07, 6.45) is 3.75. The summed E-state index contributed by atoms with van der Waals surface area (Å²) in [5.41, 5.74) is 5.47. The largest absolute Gasteiger partial charge is 0.354 e. The van der Waals surface area contributed by atoms with Gasteiger partial charge in [0.15, 0.2) is 0 Å². The summed E-state index contributed by atoms with van der Waals surface area (Å²) in [7, 11) is 0. The normalized spacial score (nSPS) is 25.1. The van der Waals surface area contributed by atoms with Crippen LogP contribution in [0.5, 0.6) is 0 Å². The van der Waals surface area contributed by atoms with Crippen molar-refractivity contribution in [3.8, 4) is 0 Å². The number of nitrogens with two attached hydrogens (primary N) is 1. The molecule has 3 N–H and O–H groups in total. The van der Waals surface area contributed by atoms with E-state index >= 15 is 0 Å². The van der Waals surface area contributed by atoms with Gasteiger partial charge in [0.1, 0.15) is 0 Å². The second kappa shape index (κ2) is 6.30. The van der Waals surface area contributed by atoms with Crippen LogP contribution in [0.25, 0.3) is 0 Å². The van der Waals surface area contributed by atoms with E-state index in [4.69, 9.17) is 5.73 Å². The molecule has 1 saturated heterocycles. The van der Waals surface area contributed by atoms with Crippen LogP contribution in [0, 0.1) is 5.92 Å². The van der Waals surface area contributed by atoms with Gasteiger partial charge in [-0.15, -0.1) is 0 Å². The standard InChI is InChI=1S/C10H20N2OS/c1-8(11)10(13)12-7-9-3-2-5-14-6-4-9/h8-9H,2-7,11H2,1H3,(H,12,13). The van der Waals surface area contributed by atoms with Gasteiger partial charge in [-0.3, -0.25) is 4.79 Å². The molecule has 0 spiro atoms. The van der Waals surface area contributed by atoms with Crippen molar-refractivity contribution < 1.29 is 4.79 Å². The summed E-state index contributed by atoms with van der Waals surface area (Å²) in [6.45, 7) is 2.53. The third-order valence-corrected chi connectivity index (χ3v) is 3.65. The van der Waals surface area contributed by atoms with Crippen LogP contribution in [0.4, 0.5) is 0 Å². The molecule has 0 radical (unpaired) electrons. The fourth-order valence-corrected chi connectivity index (χ4v) is 2.66. The molecule has 0 aromatic rings. The highest BCUT2D eigenvalue weighted by Crippen LogP contribution is 2.21. The zero-order valence-corrected chi connectivity index (χ0v) is 9.61. The summed E-state index contributed by atoms with van der Waals surface area (Å²) >= 11 is 2.02. The van der Waals surface area contributed by atoms with Crippen molar-refractivity contribution in [2.75, 3.05) is 18.1 Å². The number of thioether (sulfide) groups is 1. The van der Waals surface area contributed by atoms with Gasteiger partial charge in [-0.2, -0.15) is 11.8 Å². The Balaban J connectivity index is 2.19. The molecule has 3 nitrogen and oxygen atoms in total. The van der Waals surface area contributed by atoms with Crippen LogP contribution in [-0.4, -0.2) is 30.0 Å². The van der Waals surface area contributed by atoms with E-state index in [0.717, 1.165) is 6.54 Å². The lowest BCUT2D eigenvalue weighted by atomic mass is 10.0. The molecule has 4 heteroatoms. The van der Waals surface area contributed by atoms with Crippen molar-refractivity contribution in [2.45, 2.75) is 32.2 Å². The SMILES string of the molecule is CC(N)C(=O)NCC1CCCSCC1. The number of carbonyl (C=O) groups excluding carboxylic acids is 1. The van der Waals surface area contributed by atoms with E-state index in [1.54, 1.807) is 6.92 Å². The van der Waals surface area contributed by atoms with Crippen molar-refractivity contribution in [1.82, 2.24) is 5.32 Å². The molecular formula is C10H20N2OS. The van der Waals surface area contributed by atoms with E-state index in [-0.39, 0.29) is 11.9 Å². The number of rotatable bonds is 3. The predicted octanol–water partition coefficient (Wildman–Crippen LogP) is 0.983. The average molecular weight is 216 g/mol. The monoisotopic (exact) mass is 216 g/mol. The van der Waals surface area contributed by atoms with Gasteiger partial charge in [0.25, 0.3) is 0 Å². The van der Waals surface area contributed by atoms with Crippen LogP contribution in [0.2, 0.25) is 0 Å². The van der Waals surface area contributed by atoms with E-state index in [9.17, 15) is 4.79 Å². The highest BCUT2D eigenvalue weighted by atomic mass is 32.2. The number of nitrogens with one attached hydrogen (secondary N) is 1. The van der Waals surface area contributed by atoms with Gasteiger partial charge in [-0.05, 0) is 43.6 Å². The van der Waals surface area contributed by atoms with Gasteiger partial charge in [0.2, 0.25) is 5.91 Å². The Bertz CT molecular complexity index is 177. The lowest BCUT2D eigenvalue weighted by Gasteiger charge is -2.15. The Morgan fingerprint density at radius 3 is 3.07 bits per heavy atom. The van der Waals surface area contributed by atoms with E-state index in [1.165, 1.54) is 30.8 Å². The van der Waals surface area contributed by atoms with E-state index < -0.39 is 0 Å². The molecule has 0 aliphatic carbocycles. The molecule has 14 heavy (non-hydrogen) atoms. The molecule has 0 aromatic heterocycles. The van der Waals surface area contributed by atoms with E-state index in [1.807, 2.05) is 11.8 Å². The first kappa shape index (κ1) is 11.9. The molecule has 0 aromatic carbocycles. The lowest BCUT2D eigenvalue weighted by Crippen LogP contribution is -2.40. The van der Waals surface area contributed by atoms with Gasteiger partial charge in [-0.25, -0.2) is 0 Å². The summed E-state index contributed by atoms with van der Waals surface area (Å²) in [4.78, 5) is 11.2. The molecule has 1 amide bonds. The summed E-state index contributed by atoms with van der Waals surface area (Å²) < 4.78 is 0. The van der Waals surface area contributed by atoms with E-state index in [0.29, 0.717) is 5.92 Å². The fourth-order valence-electron chi connectivity index (χ4n) is 1.58. The molecule has 1 heterocycles. The summed E-state index contributed by atoms with van der Waals surface area (Å²) in [5, 5.41) is 2.91. The van der Waals surface area contributed by atoms with Crippen molar-refractivity contribution in [3.05, 3.63) is 0 Å². The Morgan fingerprint density at radius 1 is 1.57 bits per heavy atom. The zero-order valence-electron chi connectivity index (χ0n) is 8.79. The van der Waals surface area contributed by atoms with Gasteiger partial charge >= 0.3 is 0 Å². The highest BCUT2D eigenvalue weighted by molar-refractivity contribution is 7.99. The van der Waals surface area contributed by atoms with Crippen LogP contribution in [-0.2, 0) is 4.79 Å². The second-order valence-electron chi connectivity index (χ2n) is 3.94. The number of carbonyl (C=O) groups is 1. The molecule has 1 aliphatic heterocycles. The highest BCUT2D eigenvalue weighted by Gasteiger charge is 2.14. The van der Waals surface area contributed by atoms with Crippen LogP contribution >= 0.6 is 11.8 Å². The third kappa shape index (κ3) is 4.33. The first-order chi connectivity index (χ1) is 6.70. The fraction of sp³-hybridized carbons (Fsp3) is 0.900. The maximum atomic E-state index is 11.2. The molecule has 2 unspecified atom stereocenters. The molecule has 0 saturated carbocycles. The van der Waals surface area contributed by atoms with Crippen molar-refractivity contribution in [2.24, 2.45) is 11.7 Å². The molecule has 1 fully saturated rings.